The molecule has 2 aromatic heterocycles. The summed E-state index contributed by atoms with van der Waals surface area (Å²) in [6, 6.07) is 17.3. The van der Waals surface area contributed by atoms with Crippen molar-refractivity contribution in [2.75, 3.05) is 12.4 Å². The van der Waals surface area contributed by atoms with E-state index in [2.05, 4.69) is 30.9 Å². The average molecular weight is 460 g/mol. The Kier molecular flexibility index (Phi) is 6.19. The maximum absolute atomic E-state index is 12.2. The summed E-state index contributed by atoms with van der Waals surface area (Å²) in [5.74, 6) is 1.26. The van der Waals surface area contributed by atoms with Crippen LogP contribution in [-0.4, -0.2) is 50.2 Å². The van der Waals surface area contributed by atoms with Gasteiger partial charge < -0.3 is 20.1 Å². The third kappa shape index (κ3) is 4.90. The standard InChI is InChI=1S/C24H25N7O3/c1-33-20-11-9-19(10-12-20)31-22-21(29-30-31)14-25-23(28-22)26-17-7-8-18(13-17)27-24(32)34-15-16-5-3-2-4-6-16/h2-6,9-12,14,17-18H,7-8,13,15H2,1H3,(H,27,32)(H,25,26,28). The lowest BCUT2D eigenvalue weighted by atomic mass is 10.2. The molecular formula is C24H25N7O3. The van der Waals surface area contributed by atoms with Gasteiger partial charge in [-0.05, 0) is 49.1 Å². The summed E-state index contributed by atoms with van der Waals surface area (Å²) in [5, 5.41) is 14.7. The lowest BCUT2D eigenvalue weighted by molar-refractivity contribution is 0.136. The van der Waals surface area contributed by atoms with Gasteiger partial charge in [0.25, 0.3) is 0 Å². The maximum Gasteiger partial charge on any atom is 0.407 e. The number of alkyl carbamates (subject to hydrolysis) is 1. The van der Waals surface area contributed by atoms with Crippen molar-refractivity contribution in [3.05, 3.63) is 66.4 Å². The highest BCUT2D eigenvalue weighted by Crippen LogP contribution is 2.23. The molecule has 0 saturated heterocycles. The monoisotopic (exact) mass is 459 g/mol. The van der Waals surface area contributed by atoms with Crippen LogP contribution in [-0.2, 0) is 11.3 Å². The van der Waals surface area contributed by atoms with Crippen molar-refractivity contribution in [2.45, 2.75) is 38.0 Å². The molecule has 34 heavy (non-hydrogen) atoms. The van der Waals surface area contributed by atoms with Gasteiger partial charge in [-0.3, -0.25) is 0 Å². The number of aromatic nitrogens is 5. The van der Waals surface area contributed by atoms with Crippen molar-refractivity contribution in [3.63, 3.8) is 0 Å². The summed E-state index contributed by atoms with van der Waals surface area (Å²) in [6.45, 7) is 0.255. The van der Waals surface area contributed by atoms with E-state index in [9.17, 15) is 4.79 Å². The SMILES string of the molecule is COc1ccc(-n2nnc3cnc(NC4CCC(NC(=O)OCc5ccccc5)C4)nc32)cc1. The minimum absolute atomic E-state index is 0.0380. The summed E-state index contributed by atoms with van der Waals surface area (Å²) < 4.78 is 12.2. The zero-order valence-electron chi connectivity index (χ0n) is 18.7. The van der Waals surface area contributed by atoms with E-state index in [0.717, 1.165) is 36.3 Å². The number of methoxy groups -OCH3 is 1. The number of ether oxygens (including phenoxy) is 2. The van der Waals surface area contributed by atoms with Gasteiger partial charge in [-0.2, -0.15) is 9.67 Å². The second-order valence-electron chi connectivity index (χ2n) is 8.16. The first-order valence-corrected chi connectivity index (χ1v) is 11.1. The van der Waals surface area contributed by atoms with Crippen molar-refractivity contribution in [1.82, 2.24) is 30.3 Å². The molecule has 174 valence electrons. The molecule has 2 N–H and O–H groups in total. The largest absolute Gasteiger partial charge is 0.497 e. The quantitative estimate of drug-likeness (QED) is 0.432. The van der Waals surface area contributed by atoms with Crippen LogP contribution in [0.2, 0.25) is 0 Å². The third-order valence-corrected chi connectivity index (χ3v) is 5.81. The molecule has 0 aliphatic heterocycles. The van der Waals surface area contributed by atoms with Gasteiger partial charge in [-0.1, -0.05) is 35.5 Å². The Morgan fingerprint density at radius 3 is 2.68 bits per heavy atom. The van der Waals surface area contributed by atoms with Crippen LogP contribution in [0, 0.1) is 0 Å². The summed E-state index contributed by atoms with van der Waals surface area (Å²) >= 11 is 0. The van der Waals surface area contributed by atoms with E-state index in [4.69, 9.17) is 9.47 Å². The first kappa shape index (κ1) is 21.6. The van der Waals surface area contributed by atoms with Gasteiger partial charge in [-0.25, -0.2) is 9.78 Å². The van der Waals surface area contributed by atoms with Crippen LogP contribution in [0.3, 0.4) is 0 Å². The molecule has 10 heteroatoms. The molecular weight excluding hydrogens is 434 g/mol. The highest BCUT2D eigenvalue weighted by molar-refractivity contribution is 5.72. The van der Waals surface area contributed by atoms with Crippen molar-refractivity contribution >= 4 is 23.2 Å². The molecule has 2 aromatic carbocycles. The van der Waals surface area contributed by atoms with Gasteiger partial charge in [-0.15, -0.1) is 5.10 Å². The number of benzene rings is 2. The van der Waals surface area contributed by atoms with Crippen LogP contribution in [0.15, 0.2) is 60.8 Å². The predicted molar refractivity (Wildman–Crippen MR) is 126 cm³/mol. The second kappa shape index (κ2) is 9.74. The Morgan fingerprint density at radius 2 is 1.88 bits per heavy atom. The van der Waals surface area contributed by atoms with E-state index >= 15 is 0 Å². The molecule has 1 amide bonds. The smallest absolute Gasteiger partial charge is 0.407 e. The van der Waals surface area contributed by atoms with E-state index in [1.165, 1.54) is 0 Å². The Labute approximate surface area is 196 Å². The highest BCUT2D eigenvalue weighted by atomic mass is 16.5. The van der Waals surface area contributed by atoms with Gasteiger partial charge in [0.05, 0.1) is 19.0 Å². The number of rotatable bonds is 7. The number of nitrogens with zero attached hydrogens (tertiary/aromatic N) is 5. The molecule has 5 rings (SSSR count). The van der Waals surface area contributed by atoms with Crippen LogP contribution in [0.1, 0.15) is 24.8 Å². The minimum atomic E-state index is -0.401. The van der Waals surface area contributed by atoms with Crippen LogP contribution < -0.4 is 15.4 Å². The van der Waals surface area contributed by atoms with Gasteiger partial charge in [0, 0.05) is 12.1 Å². The van der Waals surface area contributed by atoms with E-state index in [1.54, 1.807) is 18.0 Å². The number of carbonyl (C=O) groups is 1. The van der Waals surface area contributed by atoms with Crippen LogP contribution in [0.25, 0.3) is 16.9 Å². The topological polar surface area (TPSA) is 116 Å². The molecule has 2 atom stereocenters. The van der Waals surface area contributed by atoms with Gasteiger partial charge in [0.15, 0.2) is 11.2 Å². The fourth-order valence-corrected chi connectivity index (χ4v) is 4.05. The van der Waals surface area contributed by atoms with Crippen molar-refractivity contribution in [3.8, 4) is 11.4 Å². The Balaban J connectivity index is 1.19. The first-order chi connectivity index (χ1) is 16.7. The molecule has 1 aliphatic carbocycles. The number of carbonyl (C=O) groups excluding carboxylic acids is 1. The molecule has 2 heterocycles. The molecule has 2 unspecified atom stereocenters. The molecule has 0 spiro atoms. The summed E-state index contributed by atoms with van der Waals surface area (Å²) in [4.78, 5) is 21.2. The van der Waals surface area contributed by atoms with Crippen molar-refractivity contribution < 1.29 is 14.3 Å². The van der Waals surface area contributed by atoms with Crippen LogP contribution >= 0.6 is 0 Å². The molecule has 1 aliphatic rings. The predicted octanol–water partition coefficient (Wildman–Crippen LogP) is 3.48. The number of amides is 1. The number of anilines is 1. The van der Waals surface area contributed by atoms with Gasteiger partial charge in [0.1, 0.15) is 12.4 Å². The lowest BCUT2D eigenvalue weighted by Crippen LogP contribution is -2.34. The summed E-state index contributed by atoms with van der Waals surface area (Å²) in [6.07, 6.45) is 3.76. The number of hydrogen-bond acceptors (Lipinski definition) is 8. The Bertz CT molecular complexity index is 1260. The average Bonchev–Trinajstić information content (AvgIpc) is 3.50. The van der Waals surface area contributed by atoms with Gasteiger partial charge >= 0.3 is 6.09 Å². The zero-order chi connectivity index (χ0) is 23.3. The van der Waals surface area contributed by atoms with Crippen molar-refractivity contribution in [2.24, 2.45) is 0 Å². The number of fused-ring (bicyclic) bond motifs is 1. The fraction of sp³-hybridized carbons (Fsp3) is 0.292. The first-order valence-electron chi connectivity index (χ1n) is 11.1. The second-order valence-corrected chi connectivity index (χ2v) is 8.16. The number of nitrogens with one attached hydrogen (secondary N) is 2. The third-order valence-electron chi connectivity index (χ3n) is 5.81. The minimum Gasteiger partial charge on any atom is -0.497 e. The maximum atomic E-state index is 12.2. The van der Waals surface area contributed by atoms with E-state index in [0.29, 0.717) is 17.1 Å². The van der Waals surface area contributed by atoms with E-state index in [1.807, 2.05) is 54.6 Å². The Morgan fingerprint density at radius 1 is 1.09 bits per heavy atom. The molecule has 10 nitrogen and oxygen atoms in total. The summed E-state index contributed by atoms with van der Waals surface area (Å²) in [7, 11) is 1.63. The zero-order valence-corrected chi connectivity index (χ0v) is 18.7. The molecule has 0 radical (unpaired) electrons. The van der Waals surface area contributed by atoms with Crippen LogP contribution in [0.5, 0.6) is 5.75 Å². The van der Waals surface area contributed by atoms with Crippen LogP contribution in [0.4, 0.5) is 10.7 Å². The van der Waals surface area contributed by atoms with E-state index in [-0.39, 0.29) is 18.7 Å². The molecule has 0 bridgehead atoms. The summed E-state index contributed by atoms with van der Waals surface area (Å²) in [5.41, 5.74) is 3.00. The van der Waals surface area contributed by atoms with Crippen molar-refractivity contribution in [1.29, 1.82) is 0 Å². The highest BCUT2D eigenvalue weighted by Gasteiger charge is 2.27. The number of hydrogen-bond donors (Lipinski definition) is 2. The molecule has 1 fully saturated rings. The Hall–Kier alpha value is -4.21. The van der Waals surface area contributed by atoms with E-state index < -0.39 is 6.09 Å². The molecule has 4 aromatic rings. The fourth-order valence-electron chi connectivity index (χ4n) is 4.05. The molecule has 1 saturated carbocycles. The van der Waals surface area contributed by atoms with Gasteiger partial charge in [0.2, 0.25) is 5.95 Å². The lowest BCUT2D eigenvalue weighted by Gasteiger charge is -2.15. The normalized spacial score (nSPS) is 17.4.